The average molecular weight is 352 g/mol. The monoisotopic (exact) mass is 352 g/mol. The van der Waals surface area contributed by atoms with Crippen molar-refractivity contribution in [3.05, 3.63) is 65.4 Å². The normalized spacial score (nSPS) is 11.0. The molecule has 0 atom stereocenters. The summed E-state index contributed by atoms with van der Waals surface area (Å²) in [5.41, 5.74) is 3.40. The van der Waals surface area contributed by atoms with Gasteiger partial charge in [0.25, 0.3) is 0 Å². The number of aliphatic hydroxyl groups is 1. The number of aliphatic hydroxyl groups excluding tert-OH is 1. The van der Waals surface area contributed by atoms with E-state index in [2.05, 4.69) is 9.88 Å². The van der Waals surface area contributed by atoms with Crippen LogP contribution in [0.15, 0.2) is 48.5 Å². The van der Waals surface area contributed by atoms with Crippen LogP contribution in [0.3, 0.4) is 0 Å². The molecule has 3 rings (SSSR count). The predicted molar refractivity (Wildman–Crippen MR) is 103 cm³/mol. The number of para-hydroxylation sites is 1. The fraction of sp³-hybridized carbons (Fsp3) is 0.286. The highest BCUT2D eigenvalue weighted by molar-refractivity contribution is 6.17. The number of ketones is 1. The molecular formula is C21H24N2O3. The Balaban J connectivity index is 1.99. The third kappa shape index (κ3) is 3.49. The molecule has 0 saturated heterocycles. The van der Waals surface area contributed by atoms with Gasteiger partial charge in [-0.2, -0.15) is 0 Å². The molecule has 26 heavy (non-hydrogen) atoms. The number of ether oxygens (including phenoxy) is 1. The van der Waals surface area contributed by atoms with Gasteiger partial charge < -0.3 is 19.7 Å². The van der Waals surface area contributed by atoms with Crippen molar-refractivity contribution in [3.63, 3.8) is 0 Å². The highest BCUT2D eigenvalue weighted by Gasteiger charge is 2.20. The second-order valence-corrected chi connectivity index (χ2v) is 6.16. The molecule has 2 aromatic carbocycles. The highest BCUT2D eigenvalue weighted by atomic mass is 16.5. The molecule has 0 amide bonds. The number of carbonyl (C=O) groups excluding carboxylic acids is 1. The number of hydrogen-bond donors (Lipinski definition) is 2. The molecule has 0 aliphatic carbocycles. The van der Waals surface area contributed by atoms with E-state index in [-0.39, 0.29) is 12.4 Å². The zero-order valence-corrected chi connectivity index (χ0v) is 15.2. The van der Waals surface area contributed by atoms with E-state index in [0.29, 0.717) is 12.1 Å². The molecule has 5 nitrogen and oxygen atoms in total. The summed E-state index contributed by atoms with van der Waals surface area (Å²) >= 11 is 0. The van der Waals surface area contributed by atoms with Crippen molar-refractivity contribution >= 4 is 16.7 Å². The Hall–Kier alpha value is -2.63. The number of hydrogen-bond acceptors (Lipinski definition) is 4. The van der Waals surface area contributed by atoms with Gasteiger partial charge in [0.2, 0.25) is 0 Å². The number of carbonyl (C=O) groups is 1. The predicted octanol–water partition coefficient (Wildman–Crippen LogP) is 2.77. The maximum Gasteiger partial charge on any atom is 0.195 e. The molecule has 0 bridgehead atoms. The maximum atomic E-state index is 13.2. The molecule has 0 aliphatic heterocycles. The summed E-state index contributed by atoms with van der Waals surface area (Å²) in [4.78, 5) is 13.2. The van der Waals surface area contributed by atoms with Crippen molar-refractivity contribution in [1.29, 1.82) is 0 Å². The minimum Gasteiger partial charge on any atom is -0.497 e. The van der Waals surface area contributed by atoms with Crippen LogP contribution in [-0.2, 0) is 6.54 Å². The van der Waals surface area contributed by atoms with Gasteiger partial charge in [-0.25, -0.2) is 0 Å². The van der Waals surface area contributed by atoms with Crippen LogP contribution >= 0.6 is 0 Å². The molecule has 0 aliphatic rings. The van der Waals surface area contributed by atoms with Gasteiger partial charge in [-0.1, -0.05) is 18.2 Å². The molecule has 1 aromatic heterocycles. The number of rotatable bonds is 8. The van der Waals surface area contributed by atoms with Gasteiger partial charge in [-0.15, -0.1) is 0 Å². The summed E-state index contributed by atoms with van der Waals surface area (Å²) in [7, 11) is 1.61. The lowest BCUT2D eigenvalue weighted by molar-refractivity contribution is 0.103. The minimum atomic E-state index is 0.0171. The minimum absolute atomic E-state index is 0.0171. The molecule has 5 heteroatoms. The molecule has 0 fully saturated rings. The van der Waals surface area contributed by atoms with Crippen molar-refractivity contribution in [2.45, 2.75) is 13.5 Å². The van der Waals surface area contributed by atoms with Gasteiger partial charge in [0.1, 0.15) is 5.75 Å². The third-order valence-corrected chi connectivity index (χ3v) is 4.61. The number of fused-ring (bicyclic) bond motifs is 1. The Morgan fingerprint density at radius 2 is 1.85 bits per heavy atom. The number of benzene rings is 2. The van der Waals surface area contributed by atoms with Gasteiger partial charge in [0, 0.05) is 41.8 Å². The second-order valence-electron chi connectivity index (χ2n) is 6.16. The Kier molecular flexibility index (Phi) is 5.71. The van der Waals surface area contributed by atoms with E-state index >= 15 is 0 Å². The van der Waals surface area contributed by atoms with E-state index in [0.717, 1.165) is 41.0 Å². The molecule has 0 unspecified atom stereocenters. The van der Waals surface area contributed by atoms with Crippen LogP contribution in [0.5, 0.6) is 5.75 Å². The lowest BCUT2D eigenvalue weighted by Gasteiger charge is -2.09. The molecule has 0 spiro atoms. The first-order chi connectivity index (χ1) is 12.7. The first-order valence-corrected chi connectivity index (χ1v) is 8.75. The van der Waals surface area contributed by atoms with Crippen molar-refractivity contribution in [2.75, 3.05) is 26.8 Å². The van der Waals surface area contributed by atoms with Gasteiger partial charge in [-0.3, -0.25) is 4.79 Å². The molecular weight excluding hydrogens is 328 g/mol. The lowest BCUT2D eigenvalue weighted by atomic mass is 10.0. The van der Waals surface area contributed by atoms with E-state index < -0.39 is 0 Å². The van der Waals surface area contributed by atoms with E-state index in [1.54, 1.807) is 31.4 Å². The van der Waals surface area contributed by atoms with Crippen LogP contribution < -0.4 is 10.1 Å². The summed E-state index contributed by atoms with van der Waals surface area (Å²) in [5, 5.41) is 13.1. The summed E-state index contributed by atoms with van der Waals surface area (Å²) in [6.07, 6.45) is 0. The smallest absolute Gasteiger partial charge is 0.195 e. The molecule has 1 heterocycles. The van der Waals surface area contributed by atoms with Gasteiger partial charge >= 0.3 is 0 Å². The summed E-state index contributed by atoms with van der Waals surface area (Å²) < 4.78 is 7.34. The summed E-state index contributed by atoms with van der Waals surface area (Å²) in [5.74, 6) is 0.749. The number of nitrogens with one attached hydrogen (secondary N) is 1. The van der Waals surface area contributed by atoms with E-state index in [9.17, 15) is 4.79 Å². The van der Waals surface area contributed by atoms with Gasteiger partial charge in [-0.05, 0) is 37.3 Å². The summed E-state index contributed by atoms with van der Waals surface area (Å²) in [6.45, 7) is 4.14. The fourth-order valence-electron chi connectivity index (χ4n) is 3.29. The van der Waals surface area contributed by atoms with Crippen LogP contribution in [0.1, 0.15) is 21.6 Å². The van der Waals surface area contributed by atoms with E-state index in [1.807, 2.05) is 31.2 Å². The van der Waals surface area contributed by atoms with E-state index in [4.69, 9.17) is 9.84 Å². The Bertz CT molecular complexity index is 898. The quantitative estimate of drug-likeness (QED) is 0.483. The average Bonchev–Trinajstić information content (AvgIpc) is 2.96. The molecule has 136 valence electrons. The first kappa shape index (κ1) is 18.2. The fourth-order valence-corrected chi connectivity index (χ4v) is 3.29. The van der Waals surface area contributed by atoms with Crippen LogP contribution in [0.2, 0.25) is 0 Å². The molecule has 2 N–H and O–H groups in total. The summed E-state index contributed by atoms with van der Waals surface area (Å²) in [6, 6.07) is 15.2. The number of methoxy groups -OCH3 is 1. The lowest BCUT2D eigenvalue weighted by Crippen LogP contribution is -2.23. The van der Waals surface area contributed by atoms with Gasteiger partial charge in [0.05, 0.1) is 19.3 Å². The largest absolute Gasteiger partial charge is 0.497 e. The van der Waals surface area contributed by atoms with Crippen molar-refractivity contribution in [1.82, 2.24) is 9.88 Å². The molecule has 0 saturated carbocycles. The maximum absolute atomic E-state index is 13.2. The van der Waals surface area contributed by atoms with Crippen molar-refractivity contribution < 1.29 is 14.6 Å². The number of nitrogens with zero attached hydrogens (tertiary/aromatic N) is 1. The zero-order chi connectivity index (χ0) is 18.5. The van der Waals surface area contributed by atoms with E-state index in [1.165, 1.54) is 0 Å². The van der Waals surface area contributed by atoms with Crippen LogP contribution in [0.4, 0.5) is 0 Å². The van der Waals surface area contributed by atoms with Crippen LogP contribution in [0, 0.1) is 6.92 Å². The van der Waals surface area contributed by atoms with Gasteiger partial charge in [0.15, 0.2) is 5.78 Å². The molecule has 3 aromatic rings. The first-order valence-electron chi connectivity index (χ1n) is 8.75. The second kappa shape index (κ2) is 8.17. The SMILES string of the molecule is COc1ccc(C(=O)c2c(C)n(CCNCCO)c3ccccc23)cc1. The van der Waals surface area contributed by atoms with Crippen LogP contribution in [0.25, 0.3) is 10.9 Å². The third-order valence-electron chi connectivity index (χ3n) is 4.61. The Morgan fingerprint density at radius 1 is 1.12 bits per heavy atom. The molecule has 0 radical (unpaired) electrons. The van der Waals surface area contributed by atoms with Crippen LogP contribution in [-0.4, -0.2) is 42.3 Å². The Morgan fingerprint density at radius 3 is 2.54 bits per heavy atom. The number of aromatic nitrogens is 1. The van der Waals surface area contributed by atoms with Crippen molar-refractivity contribution in [2.24, 2.45) is 0 Å². The Labute approximate surface area is 153 Å². The highest BCUT2D eigenvalue weighted by Crippen LogP contribution is 2.28. The standard InChI is InChI=1S/C21H24N2O3/c1-15-20(21(25)16-7-9-17(26-2)10-8-16)18-5-3-4-6-19(18)23(15)13-11-22-12-14-24/h3-10,22,24H,11-14H2,1-2H3. The van der Waals surface area contributed by atoms with Crippen molar-refractivity contribution in [3.8, 4) is 5.75 Å². The zero-order valence-electron chi connectivity index (χ0n) is 15.2. The topological polar surface area (TPSA) is 63.5 Å².